The maximum absolute atomic E-state index is 9.27. The van der Waals surface area contributed by atoms with E-state index in [9.17, 15) is 5.11 Å². The molecule has 0 radical (unpaired) electrons. The van der Waals surface area contributed by atoms with Crippen molar-refractivity contribution in [1.29, 1.82) is 0 Å². The summed E-state index contributed by atoms with van der Waals surface area (Å²) in [5.74, 6) is 0. The van der Waals surface area contributed by atoms with Crippen molar-refractivity contribution in [2.75, 3.05) is 0 Å². The lowest BCUT2D eigenvalue weighted by Crippen LogP contribution is -2.36. The fraction of sp³-hybridized carbons (Fsp3) is 0.500. The molecule has 2 heterocycles. The van der Waals surface area contributed by atoms with Gasteiger partial charge in [-0.25, -0.2) is 0 Å². The number of fused-ring (bicyclic) bond motifs is 2. The zero-order chi connectivity index (χ0) is 6.97. The fourth-order valence-corrected chi connectivity index (χ4v) is 1.33. The molecule has 2 aliphatic rings. The molecule has 0 aliphatic carbocycles. The molecule has 0 fully saturated rings. The van der Waals surface area contributed by atoms with Crippen molar-refractivity contribution in [2.24, 2.45) is 0 Å². The smallest absolute Gasteiger partial charge is 0.0987 e. The fourth-order valence-electron chi connectivity index (χ4n) is 1.33. The molecule has 0 amide bonds. The first-order valence-electron chi connectivity index (χ1n) is 3.55. The summed E-state index contributed by atoms with van der Waals surface area (Å²) in [6.07, 6.45) is 8.31. The van der Waals surface area contributed by atoms with Crippen LogP contribution in [-0.4, -0.2) is 23.4 Å². The van der Waals surface area contributed by atoms with Crippen molar-refractivity contribution in [3.05, 3.63) is 24.3 Å². The molecule has 54 valence electrons. The summed E-state index contributed by atoms with van der Waals surface area (Å²) in [4.78, 5) is 0. The van der Waals surface area contributed by atoms with Gasteiger partial charge in [0, 0.05) is 0 Å². The highest BCUT2D eigenvalue weighted by molar-refractivity contribution is 5.14. The molecule has 10 heavy (non-hydrogen) atoms. The average Bonchev–Trinajstić information content (AvgIpc) is 1.99. The first kappa shape index (κ1) is 6.13. The van der Waals surface area contributed by atoms with Crippen LogP contribution in [0.2, 0.25) is 0 Å². The van der Waals surface area contributed by atoms with Gasteiger partial charge in [0.2, 0.25) is 0 Å². The lowest BCUT2D eigenvalue weighted by molar-refractivity contribution is -0.0446. The number of aliphatic hydroxyl groups excluding tert-OH is 1. The molecule has 3 unspecified atom stereocenters. The Labute approximate surface area is 59.8 Å². The molecule has 0 saturated carbocycles. The SMILES string of the molecule is OC1C=CC2C=CCC1O2. The van der Waals surface area contributed by atoms with Crippen LogP contribution in [0, 0.1) is 0 Å². The van der Waals surface area contributed by atoms with Gasteiger partial charge in [-0.15, -0.1) is 0 Å². The Kier molecular flexibility index (Phi) is 1.36. The van der Waals surface area contributed by atoms with Gasteiger partial charge in [0.25, 0.3) is 0 Å². The Balaban J connectivity index is 2.22. The minimum Gasteiger partial charge on any atom is -0.386 e. The van der Waals surface area contributed by atoms with Gasteiger partial charge in [0.05, 0.1) is 18.3 Å². The van der Waals surface area contributed by atoms with Gasteiger partial charge in [-0.05, 0) is 6.42 Å². The van der Waals surface area contributed by atoms with Gasteiger partial charge in [0.1, 0.15) is 0 Å². The molecule has 3 atom stereocenters. The van der Waals surface area contributed by atoms with Crippen LogP contribution in [0.1, 0.15) is 6.42 Å². The maximum Gasteiger partial charge on any atom is 0.0987 e. The summed E-state index contributed by atoms with van der Waals surface area (Å²) in [7, 11) is 0. The molecule has 2 aliphatic heterocycles. The highest BCUT2D eigenvalue weighted by Crippen LogP contribution is 2.21. The second kappa shape index (κ2) is 2.22. The summed E-state index contributed by atoms with van der Waals surface area (Å²) in [5, 5.41) is 9.27. The zero-order valence-corrected chi connectivity index (χ0v) is 5.60. The van der Waals surface area contributed by atoms with Crippen LogP contribution in [0.5, 0.6) is 0 Å². The van der Waals surface area contributed by atoms with E-state index in [-0.39, 0.29) is 12.2 Å². The van der Waals surface area contributed by atoms with E-state index in [0.717, 1.165) is 6.42 Å². The number of ether oxygens (including phenoxy) is 1. The first-order valence-corrected chi connectivity index (χ1v) is 3.55. The van der Waals surface area contributed by atoms with Gasteiger partial charge < -0.3 is 9.84 Å². The molecule has 1 N–H and O–H groups in total. The van der Waals surface area contributed by atoms with Crippen molar-refractivity contribution < 1.29 is 9.84 Å². The van der Waals surface area contributed by atoms with Crippen LogP contribution in [0.3, 0.4) is 0 Å². The average molecular weight is 138 g/mol. The molecule has 0 aromatic heterocycles. The van der Waals surface area contributed by atoms with E-state index in [1.54, 1.807) is 0 Å². The second-order valence-corrected chi connectivity index (χ2v) is 2.68. The molecule has 2 heteroatoms. The van der Waals surface area contributed by atoms with E-state index in [1.807, 2.05) is 18.2 Å². The summed E-state index contributed by atoms with van der Waals surface area (Å²) >= 11 is 0. The van der Waals surface area contributed by atoms with Gasteiger partial charge in [-0.3, -0.25) is 0 Å². The van der Waals surface area contributed by atoms with Gasteiger partial charge in [-0.2, -0.15) is 0 Å². The van der Waals surface area contributed by atoms with Gasteiger partial charge in [-0.1, -0.05) is 24.3 Å². The summed E-state index contributed by atoms with van der Waals surface area (Å²) in [6.45, 7) is 0. The van der Waals surface area contributed by atoms with Crippen LogP contribution in [0.25, 0.3) is 0 Å². The van der Waals surface area contributed by atoms with E-state index >= 15 is 0 Å². The molecule has 0 aromatic rings. The van der Waals surface area contributed by atoms with E-state index in [2.05, 4.69) is 6.08 Å². The van der Waals surface area contributed by atoms with Gasteiger partial charge >= 0.3 is 0 Å². The lowest BCUT2D eigenvalue weighted by atomic mass is 10.0. The van der Waals surface area contributed by atoms with Crippen molar-refractivity contribution >= 4 is 0 Å². The van der Waals surface area contributed by atoms with Crippen molar-refractivity contribution in [3.8, 4) is 0 Å². The Hall–Kier alpha value is -0.600. The van der Waals surface area contributed by atoms with Crippen LogP contribution >= 0.6 is 0 Å². The largest absolute Gasteiger partial charge is 0.386 e. The van der Waals surface area contributed by atoms with Crippen molar-refractivity contribution in [1.82, 2.24) is 0 Å². The summed E-state index contributed by atoms with van der Waals surface area (Å²) < 4.78 is 5.41. The molecule has 0 aromatic carbocycles. The summed E-state index contributed by atoms with van der Waals surface area (Å²) in [5.41, 5.74) is 0. The Morgan fingerprint density at radius 1 is 1.30 bits per heavy atom. The number of hydrogen-bond acceptors (Lipinski definition) is 2. The Morgan fingerprint density at radius 3 is 3.00 bits per heavy atom. The predicted molar refractivity (Wildman–Crippen MR) is 37.6 cm³/mol. The molecule has 2 bridgehead atoms. The van der Waals surface area contributed by atoms with E-state index in [0.29, 0.717) is 0 Å². The second-order valence-electron chi connectivity index (χ2n) is 2.68. The van der Waals surface area contributed by atoms with Crippen LogP contribution in [0.4, 0.5) is 0 Å². The van der Waals surface area contributed by atoms with Crippen LogP contribution in [-0.2, 0) is 4.74 Å². The quantitative estimate of drug-likeness (QED) is 0.497. The predicted octanol–water partition coefficient (Wildman–Crippen LogP) is 0.631. The lowest BCUT2D eigenvalue weighted by Gasteiger charge is -2.30. The highest BCUT2D eigenvalue weighted by Gasteiger charge is 2.25. The van der Waals surface area contributed by atoms with Crippen molar-refractivity contribution in [2.45, 2.75) is 24.7 Å². The van der Waals surface area contributed by atoms with Crippen LogP contribution in [0.15, 0.2) is 24.3 Å². The third kappa shape index (κ3) is 0.895. The third-order valence-electron chi connectivity index (χ3n) is 1.90. The molecule has 0 saturated heterocycles. The van der Waals surface area contributed by atoms with Crippen LogP contribution < -0.4 is 0 Å². The van der Waals surface area contributed by atoms with Gasteiger partial charge in [0.15, 0.2) is 0 Å². The first-order chi connectivity index (χ1) is 4.86. The zero-order valence-electron chi connectivity index (χ0n) is 5.60. The Bertz CT molecular complexity index is 184. The summed E-state index contributed by atoms with van der Waals surface area (Å²) in [6, 6.07) is 0. The normalized spacial score (nSPS) is 43.9. The van der Waals surface area contributed by atoms with E-state index in [4.69, 9.17) is 4.74 Å². The molecule has 2 nitrogen and oxygen atoms in total. The minimum absolute atomic E-state index is 0.000000000000000222. The number of rotatable bonds is 0. The maximum atomic E-state index is 9.27. The highest BCUT2D eigenvalue weighted by atomic mass is 16.5. The van der Waals surface area contributed by atoms with E-state index in [1.165, 1.54) is 0 Å². The molecular formula is C8H10O2. The number of hydrogen-bond donors (Lipinski definition) is 1. The standard InChI is InChI=1S/C8H10O2/c9-7-5-4-6-2-1-3-8(7)10-6/h1-2,4-9H,3H2. The van der Waals surface area contributed by atoms with E-state index < -0.39 is 6.10 Å². The van der Waals surface area contributed by atoms with Crippen molar-refractivity contribution in [3.63, 3.8) is 0 Å². The third-order valence-corrected chi connectivity index (χ3v) is 1.90. The number of aliphatic hydroxyl groups is 1. The monoisotopic (exact) mass is 138 g/mol. The molecule has 2 rings (SSSR count). The Morgan fingerprint density at radius 2 is 2.20 bits per heavy atom. The minimum atomic E-state index is -0.402. The molecule has 0 spiro atoms. The topological polar surface area (TPSA) is 29.5 Å². The molecular weight excluding hydrogens is 128 g/mol.